The molecule has 5 atom stereocenters. The first-order valence-electron chi connectivity index (χ1n) is 6.66. The van der Waals surface area contributed by atoms with E-state index < -0.39 is 24.5 Å². The average molecular weight is 276 g/mol. The first kappa shape index (κ1) is 16.4. The van der Waals surface area contributed by atoms with Crippen LogP contribution in [0.25, 0.3) is 0 Å². The number of rotatable bonds is 6. The van der Waals surface area contributed by atoms with E-state index in [1.807, 2.05) is 0 Å². The molecule has 1 rings (SSSR count). The van der Waals surface area contributed by atoms with Crippen LogP contribution in [0.5, 0.6) is 0 Å². The molecule has 0 radical (unpaired) electrons. The molecule has 0 amide bonds. The van der Waals surface area contributed by atoms with E-state index in [0.717, 1.165) is 12.8 Å². The van der Waals surface area contributed by atoms with Crippen molar-refractivity contribution >= 4 is 5.97 Å². The molecule has 6 nitrogen and oxygen atoms in total. The van der Waals surface area contributed by atoms with Gasteiger partial charge >= 0.3 is 5.97 Å². The molecular formula is C13H24O6. The summed E-state index contributed by atoms with van der Waals surface area (Å²) in [6.45, 7) is 5.66. The molecule has 112 valence electrons. The van der Waals surface area contributed by atoms with E-state index >= 15 is 0 Å². The Morgan fingerprint density at radius 2 is 2.00 bits per heavy atom. The molecule has 0 aromatic heterocycles. The Balaban J connectivity index is 2.78. The summed E-state index contributed by atoms with van der Waals surface area (Å²) in [7, 11) is 1.54. The molecule has 0 spiro atoms. The predicted octanol–water partition coefficient (Wildman–Crippen LogP) is 0.855. The highest BCUT2D eigenvalue weighted by Gasteiger charge is 2.46. The number of ether oxygens (including phenoxy) is 4. The van der Waals surface area contributed by atoms with Crippen LogP contribution in [0.4, 0.5) is 0 Å². The van der Waals surface area contributed by atoms with Crippen molar-refractivity contribution < 1.29 is 28.8 Å². The number of carbonyl (C=O) groups excluding carboxylic acids is 1. The molecule has 1 heterocycles. The minimum atomic E-state index is -1.20. The molecular weight excluding hydrogens is 252 g/mol. The van der Waals surface area contributed by atoms with Gasteiger partial charge in [-0.25, -0.2) is 0 Å². The van der Waals surface area contributed by atoms with Crippen LogP contribution in [0.15, 0.2) is 0 Å². The van der Waals surface area contributed by atoms with Gasteiger partial charge in [-0.2, -0.15) is 0 Å². The fourth-order valence-corrected chi connectivity index (χ4v) is 2.19. The van der Waals surface area contributed by atoms with E-state index in [9.17, 15) is 9.90 Å². The van der Waals surface area contributed by atoms with E-state index in [1.54, 1.807) is 14.0 Å². The molecule has 0 aromatic rings. The average Bonchev–Trinajstić information content (AvgIpc) is 2.33. The van der Waals surface area contributed by atoms with Gasteiger partial charge in [-0.3, -0.25) is 4.79 Å². The summed E-state index contributed by atoms with van der Waals surface area (Å²) < 4.78 is 21.5. The molecule has 0 saturated carbocycles. The van der Waals surface area contributed by atoms with Crippen molar-refractivity contribution in [3.05, 3.63) is 0 Å². The second-order valence-corrected chi connectivity index (χ2v) is 4.70. The fourth-order valence-electron chi connectivity index (χ4n) is 2.19. The van der Waals surface area contributed by atoms with Gasteiger partial charge in [-0.05, 0) is 13.3 Å². The number of aliphatic hydroxyl groups excluding tert-OH is 1. The fraction of sp³-hybridized carbons (Fsp3) is 0.923. The van der Waals surface area contributed by atoms with Crippen LogP contribution in [0.2, 0.25) is 0 Å². The van der Waals surface area contributed by atoms with Gasteiger partial charge in [-0.15, -0.1) is 0 Å². The standard InChI is InChI=1S/C13H24O6/c1-5-6-7-17-11-10(16-4)8(2)18-13(15)12(11)19-9(3)14/h8,10-13,15H,5-7H2,1-4H3/t8-,10-,11+,12-,13?/m1/s1. The zero-order chi connectivity index (χ0) is 14.4. The van der Waals surface area contributed by atoms with Crippen molar-refractivity contribution in [2.45, 2.75) is 64.3 Å². The summed E-state index contributed by atoms with van der Waals surface area (Å²) in [4.78, 5) is 11.1. The summed E-state index contributed by atoms with van der Waals surface area (Å²) in [6, 6.07) is 0. The Morgan fingerprint density at radius 3 is 2.53 bits per heavy atom. The van der Waals surface area contributed by atoms with Crippen LogP contribution in [-0.4, -0.2) is 55.5 Å². The maximum atomic E-state index is 11.1. The van der Waals surface area contributed by atoms with E-state index in [4.69, 9.17) is 18.9 Å². The molecule has 1 aliphatic heterocycles. The Bertz CT molecular complexity index is 282. The summed E-state index contributed by atoms with van der Waals surface area (Å²) in [6.07, 6.45) is -1.42. The van der Waals surface area contributed by atoms with Crippen LogP contribution in [0.1, 0.15) is 33.6 Å². The normalized spacial score (nSPS) is 35.1. The molecule has 1 N–H and O–H groups in total. The van der Waals surface area contributed by atoms with Crippen molar-refractivity contribution in [3.63, 3.8) is 0 Å². The number of hydrogen-bond acceptors (Lipinski definition) is 6. The lowest BCUT2D eigenvalue weighted by atomic mass is 9.99. The molecule has 0 aromatic carbocycles. The maximum Gasteiger partial charge on any atom is 0.303 e. The highest BCUT2D eigenvalue weighted by Crippen LogP contribution is 2.26. The maximum absolute atomic E-state index is 11.1. The third-order valence-corrected chi connectivity index (χ3v) is 3.13. The lowest BCUT2D eigenvalue weighted by Gasteiger charge is -2.42. The number of hydrogen-bond donors (Lipinski definition) is 1. The van der Waals surface area contributed by atoms with Crippen molar-refractivity contribution in [2.75, 3.05) is 13.7 Å². The van der Waals surface area contributed by atoms with Gasteiger partial charge < -0.3 is 24.1 Å². The topological polar surface area (TPSA) is 74.2 Å². The zero-order valence-corrected chi connectivity index (χ0v) is 12.0. The molecule has 1 unspecified atom stereocenters. The molecule has 1 fully saturated rings. The first-order chi connectivity index (χ1) is 9.01. The van der Waals surface area contributed by atoms with Gasteiger partial charge in [0.1, 0.15) is 12.2 Å². The summed E-state index contributed by atoms with van der Waals surface area (Å²) in [5.74, 6) is -0.485. The SMILES string of the molecule is CCCCO[C@H]1[C@H](OC)[C@@H](C)OC(O)[C@@H]1OC(C)=O. The third-order valence-electron chi connectivity index (χ3n) is 3.13. The molecule has 1 aliphatic rings. The number of aliphatic hydroxyl groups is 1. The van der Waals surface area contributed by atoms with Gasteiger partial charge in [0.05, 0.1) is 6.10 Å². The highest BCUT2D eigenvalue weighted by molar-refractivity contribution is 5.66. The summed E-state index contributed by atoms with van der Waals surface area (Å²) >= 11 is 0. The van der Waals surface area contributed by atoms with Crippen LogP contribution in [0.3, 0.4) is 0 Å². The van der Waals surface area contributed by atoms with E-state index in [1.165, 1.54) is 6.92 Å². The number of esters is 1. The molecule has 0 bridgehead atoms. The van der Waals surface area contributed by atoms with Gasteiger partial charge in [0.25, 0.3) is 0 Å². The van der Waals surface area contributed by atoms with E-state index in [2.05, 4.69) is 6.92 Å². The van der Waals surface area contributed by atoms with Crippen molar-refractivity contribution in [3.8, 4) is 0 Å². The van der Waals surface area contributed by atoms with Crippen LogP contribution < -0.4 is 0 Å². The minimum absolute atomic E-state index is 0.335. The van der Waals surface area contributed by atoms with Gasteiger partial charge in [0.15, 0.2) is 12.4 Å². The third kappa shape index (κ3) is 4.42. The second-order valence-electron chi connectivity index (χ2n) is 4.70. The van der Waals surface area contributed by atoms with Crippen molar-refractivity contribution in [1.29, 1.82) is 0 Å². The molecule has 0 aliphatic carbocycles. The number of carbonyl (C=O) groups is 1. The van der Waals surface area contributed by atoms with Crippen LogP contribution in [0, 0.1) is 0 Å². The number of unbranched alkanes of at least 4 members (excludes halogenated alkanes) is 1. The quantitative estimate of drug-likeness (QED) is 0.573. The predicted molar refractivity (Wildman–Crippen MR) is 67.6 cm³/mol. The molecule has 19 heavy (non-hydrogen) atoms. The van der Waals surface area contributed by atoms with Crippen LogP contribution in [-0.2, 0) is 23.7 Å². The van der Waals surface area contributed by atoms with E-state index in [0.29, 0.717) is 6.61 Å². The summed E-state index contributed by atoms with van der Waals surface area (Å²) in [5.41, 5.74) is 0. The lowest BCUT2D eigenvalue weighted by Crippen LogP contribution is -2.59. The minimum Gasteiger partial charge on any atom is -0.454 e. The lowest BCUT2D eigenvalue weighted by molar-refractivity contribution is -0.293. The zero-order valence-electron chi connectivity index (χ0n) is 12.0. The Labute approximate surface area is 114 Å². The molecule has 6 heteroatoms. The smallest absolute Gasteiger partial charge is 0.303 e. The van der Waals surface area contributed by atoms with Gasteiger partial charge in [-0.1, -0.05) is 13.3 Å². The van der Waals surface area contributed by atoms with Gasteiger partial charge in [0.2, 0.25) is 0 Å². The largest absolute Gasteiger partial charge is 0.454 e. The van der Waals surface area contributed by atoms with Crippen LogP contribution >= 0.6 is 0 Å². The van der Waals surface area contributed by atoms with Crippen molar-refractivity contribution in [2.24, 2.45) is 0 Å². The molecule has 1 saturated heterocycles. The second kappa shape index (κ2) is 7.79. The Hall–Kier alpha value is -0.690. The van der Waals surface area contributed by atoms with Gasteiger partial charge in [0, 0.05) is 20.6 Å². The Kier molecular flexibility index (Phi) is 6.71. The van der Waals surface area contributed by atoms with E-state index in [-0.39, 0.29) is 12.2 Å². The number of methoxy groups -OCH3 is 1. The van der Waals surface area contributed by atoms with Crippen molar-refractivity contribution in [1.82, 2.24) is 0 Å². The highest BCUT2D eigenvalue weighted by atomic mass is 16.7. The Morgan fingerprint density at radius 1 is 1.32 bits per heavy atom. The first-order valence-corrected chi connectivity index (χ1v) is 6.66. The summed E-state index contributed by atoms with van der Waals surface area (Å²) in [5, 5.41) is 9.89. The monoisotopic (exact) mass is 276 g/mol.